The van der Waals surface area contributed by atoms with Gasteiger partial charge in [-0.25, -0.2) is 10.2 Å². The van der Waals surface area contributed by atoms with Crippen LogP contribution in [0, 0.1) is 0 Å². The van der Waals surface area contributed by atoms with Gasteiger partial charge < -0.3 is 14.6 Å². The molecule has 7 nitrogen and oxygen atoms in total. The van der Waals surface area contributed by atoms with E-state index in [1.54, 1.807) is 31.2 Å². The van der Waals surface area contributed by atoms with Crippen molar-refractivity contribution in [1.82, 2.24) is 5.43 Å². The van der Waals surface area contributed by atoms with Gasteiger partial charge in [0.15, 0.2) is 12.7 Å². The number of rotatable bonds is 9. The maximum Gasteiger partial charge on any atom is 0.341 e. The first kappa shape index (κ1) is 21.6. The molecule has 31 heavy (non-hydrogen) atoms. The van der Waals surface area contributed by atoms with E-state index in [4.69, 9.17) is 14.6 Å². The highest BCUT2D eigenvalue weighted by Gasteiger charge is 2.14. The second kappa shape index (κ2) is 10.6. The topological polar surface area (TPSA) is 97.2 Å². The summed E-state index contributed by atoms with van der Waals surface area (Å²) in [6.07, 6.45) is 0.742. The second-order valence-electron chi connectivity index (χ2n) is 6.64. The molecule has 0 bridgehead atoms. The van der Waals surface area contributed by atoms with Crippen LogP contribution in [0.5, 0.6) is 11.5 Å². The molecule has 3 aromatic carbocycles. The number of hydrazone groups is 1. The lowest BCUT2D eigenvalue weighted by Crippen LogP contribution is -2.33. The molecule has 0 spiro atoms. The highest BCUT2D eigenvalue weighted by Crippen LogP contribution is 2.22. The number of carboxylic acid groups (broad SMARTS) is 1. The number of nitrogens with zero attached hydrogens (tertiary/aromatic N) is 1. The molecule has 3 aromatic rings. The van der Waals surface area contributed by atoms with Crippen molar-refractivity contribution in [2.75, 3.05) is 6.61 Å². The SMILES string of the molecule is C[C@@H](Oc1ccc(-c2ccccc2)cc1)C(=O)N/N=C\c1ccc(OCC(=O)O)cc1. The Morgan fingerprint density at radius 3 is 2.19 bits per heavy atom. The summed E-state index contributed by atoms with van der Waals surface area (Å²) in [6, 6.07) is 24.1. The van der Waals surface area contributed by atoms with Crippen LogP contribution in [0.3, 0.4) is 0 Å². The Kier molecular flexibility index (Phi) is 7.37. The van der Waals surface area contributed by atoms with Crippen molar-refractivity contribution in [1.29, 1.82) is 0 Å². The molecule has 0 radical (unpaired) electrons. The van der Waals surface area contributed by atoms with Gasteiger partial charge in [-0.1, -0.05) is 42.5 Å². The smallest absolute Gasteiger partial charge is 0.341 e. The van der Waals surface area contributed by atoms with Crippen LogP contribution < -0.4 is 14.9 Å². The van der Waals surface area contributed by atoms with Gasteiger partial charge in [-0.05, 0) is 60.0 Å². The van der Waals surface area contributed by atoms with Gasteiger partial charge in [-0.2, -0.15) is 5.10 Å². The molecule has 0 aliphatic carbocycles. The molecular formula is C24H22N2O5. The molecule has 0 saturated heterocycles. The standard InChI is InChI=1S/C24H22N2O5/c1-17(31-22-13-9-20(10-14-22)19-5-3-2-4-6-19)24(29)26-25-15-18-7-11-21(12-8-18)30-16-23(27)28/h2-15,17H,16H2,1H3,(H,26,29)(H,27,28)/b25-15-/t17-/m1/s1. The average Bonchev–Trinajstić information content (AvgIpc) is 2.79. The van der Waals surface area contributed by atoms with Crippen molar-refractivity contribution in [3.63, 3.8) is 0 Å². The first-order valence-electron chi connectivity index (χ1n) is 9.61. The Hall–Kier alpha value is -4.13. The highest BCUT2D eigenvalue weighted by atomic mass is 16.5. The van der Waals surface area contributed by atoms with Crippen molar-refractivity contribution in [3.8, 4) is 22.6 Å². The summed E-state index contributed by atoms with van der Waals surface area (Å²) in [5.41, 5.74) is 5.33. The Morgan fingerprint density at radius 2 is 1.55 bits per heavy atom. The molecule has 7 heteroatoms. The zero-order valence-corrected chi connectivity index (χ0v) is 16.9. The number of aliphatic carboxylic acids is 1. The molecule has 2 N–H and O–H groups in total. The summed E-state index contributed by atoms with van der Waals surface area (Å²) in [6.45, 7) is 1.24. The minimum atomic E-state index is -1.04. The number of carbonyl (C=O) groups is 2. The van der Waals surface area contributed by atoms with Crippen LogP contribution in [0.2, 0.25) is 0 Å². The normalized spacial score (nSPS) is 11.6. The van der Waals surface area contributed by atoms with Gasteiger partial charge in [-0.3, -0.25) is 4.79 Å². The Labute approximate surface area is 179 Å². The predicted molar refractivity (Wildman–Crippen MR) is 117 cm³/mol. The van der Waals surface area contributed by atoms with Crippen LogP contribution in [0.1, 0.15) is 12.5 Å². The van der Waals surface area contributed by atoms with Crippen molar-refractivity contribution in [2.24, 2.45) is 5.10 Å². The zero-order chi connectivity index (χ0) is 22.1. The third-order valence-corrected chi connectivity index (χ3v) is 4.27. The summed E-state index contributed by atoms with van der Waals surface area (Å²) >= 11 is 0. The maximum absolute atomic E-state index is 12.2. The van der Waals surface area contributed by atoms with Crippen molar-refractivity contribution >= 4 is 18.1 Å². The number of carboxylic acids is 1. The van der Waals surface area contributed by atoms with Crippen molar-refractivity contribution in [2.45, 2.75) is 13.0 Å². The molecular weight excluding hydrogens is 396 g/mol. The lowest BCUT2D eigenvalue weighted by Gasteiger charge is -2.13. The predicted octanol–water partition coefficient (Wildman–Crippen LogP) is 3.73. The van der Waals surface area contributed by atoms with Crippen LogP contribution in [0.15, 0.2) is 84.0 Å². The molecule has 1 amide bonds. The van der Waals surface area contributed by atoms with Crippen LogP contribution in [-0.4, -0.2) is 35.9 Å². The van der Waals surface area contributed by atoms with Gasteiger partial charge in [0.25, 0.3) is 5.91 Å². The molecule has 0 aromatic heterocycles. The monoisotopic (exact) mass is 418 g/mol. The van der Waals surface area contributed by atoms with E-state index in [1.807, 2.05) is 54.6 Å². The third-order valence-electron chi connectivity index (χ3n) is 4.27. The Balaban J connectivity index is 1.48. The summed E-state index contributed by atoms with van der Waals surface area (Å²) in [5.74, 6) is -0.409. The fraction of sp³-hybridized carbons (Fsp3) is 0.125. The number of hydrogen-bond donors (Lipinski definition) is 2. The molecule has 3 rings (SSSR count). The second-order valence-corrected chi connectivity index (χ2v) is 6.64. The minimum absolute atomic E-state index is 0.384. The molecule has 0 fully saturated rings. The number of carbonyl (C=O) groups excluding carboxylic acids is 1. The quantitative estimate of drug-likeness (QED) is 0.408. The Morgan fingerprint density at radius 1 is 0.935 bits per heavy atom. The van der Waals surface area contributed by atoms with Gasteiger partial charge in [0.1, 0.15) is 11.5 Å². The number of amides is 1. The molecule has 0 aliphatic rings. The minimum Gasteiger partial charge on any atom is -0.482 e. The third kappa shape index (κ3) is 6.71. The average molecular weight is 418 g/mol. The van der Waals surface area contributed by atoms with Crippen LogP contribution in [0.4, 0.5) is 0 Å². The van der Waals surface area contributed by atoms with E-state index < -0.39 is 18.7 Å². The lowest BCUT2D eigenvalue weighted by molar-refractivity contribution is -0.139. The first-order valence-corrected chi connectivity index (χ1v) is 9.61. The van der Waals surface area contributed by atoms with Gasteiger partial charge in [0, 0.05) is 0 Å². The molecule has 0 unspecified atom stereocenters. The van der Waals surface area contributed by atoms with Gasteiger partial charge >= 0.3 is 5.97 Å². The fourth-order valence-electron chi connectivity index (χ4n) is 2.67. The summed E-state index contributed by atoms with van der Waals surface area (Å²) in [7, 11) is 0. The van der Waals surface area contributed by atoms with E-state index in [2.05, 4.69) is 10.5 Å². The fourth-order valence-corrected chi connectivity index (χ4v) is 2.67. The van der Waals surface area contributed by atoms with Gasteiger partial charge in [0.05, 0.1) is 6.21 Å². The van der Waals surface area contributed by atoms with E-state index in [-0.39, 0.29) is 5.91 Å². The lowest BCUT2D eigenvalue weighted by atomic mass is 10.1. The summed E-state index contributed by atoms with van der Waals surface area (Å²) in [4.78, 5) is 22.7. The van der Waals surface area contributed by atoms with Gasteiger partial charge in [0.2, 0.25) is 0 Å². The van der Waals surface area contributed by atoms with Gasteiger partial charge in [-0.15, -0.1) is 0 Å². The molecule has 0 saturated carbocycles. The number of hydrogen-bond acceptors (Lipinski definition) is 5. The van der Waals surface area contributed by atoms with E-state index in [9.17, 15) is 9.59 Å². The molecule has 1 atom stereocenters. The largest absolute Gasteiger partial charge is 0.482 e. The molecule has 0 heterocycles. The molecule has 158 valence electrons. The van der Waals surface area contributed by atoms with Crippen LogP contribution in [0.25, 0.3) is 11.1 Å². The zero-order valence-electron chi connectivity index (χ0n) is 16.9. The van der Waals surface area contributed by atoms with E-state index in [1.165, 1.54) is 6.21 Å². The first-order chi connectivity index (χ1) is 15.0. The summed E-state index contributed by atoms with van der Waals surface area (Å²) < 4.78 is 10.7. The maximum atomic E-state index is 12.2. The Bertz CT molecular complexity index is 1030. The van der Waals surface area contributed by atoms with Crippen molar-refractivity contribution in [3.05, 3.63) is 84.4 Å². The van der Waals surface area contributed by atoms with E-state index in [0.717, 1.165) is 11.1 Å². The van der Waals surface area contributed by atoms with E-state index >= 15 is 0 Å². The number of benzene rings is 3. The van der Waals surface area contributed by atoms with E-state index in [0.29, 0.717) is 17.1 Å². The number of nitrogens with one attached hydrogen (secondary N) is 1. The van der Waals surface area contributed by atoms with Crippen molar-refractivity contribution < 1.29 is 24.2 Å². The summed E-state index contributed by atoms with van der Waals surface area (Å²) in [5, 5.41) is 12.5. The van der Waals surface area contributed by atoms with Crippen LogP contribution >= 0.6 is 0 Å². The highest BCUT2D eigenvalue weighted by molar-refractivity contribution is 5.84. The number of ether oxygens (including phenoxy) is 2. The van der Waals surface area contributed by atoms with Crippen LogP contribution in [-0.2, 0) is 9.59 Å². The molecule has 0 aliphatic heterocycles.